The number of nitrogens with one attached hydrogen (secondary N) is 1. The lowest BCUT2D eigenvalue weighted by Crippen LogP contribution is -2.34. The second-order valence-electron chi connectivity index (χ2n) is 5.56. The van der Waals surface area contributed by atoms with Crippen molar-refractivity contribution >= 4 is 23.6 Å². The quantitative estimate of drug-likeness (QED) is 0.787. The number of carbonyl (C=O) groups is 1. The van der Waals surface area contributed by atoms with Crippen molar-refractivity contribution in [2.24, 2.45) is 5.92 Å². The summed E-state index contributed by atoms with van der Waals surface area (Å²) in [4.78, 5) is 11.8. The molecule has 0 saturated heterocycles. The van der Waals surface area contributed by atoms with E-state index in [1.165, 1.54) is 6.08 Å². The summed E-state index contributed by atoms with van der Waals surface area (Å²) in [5.74, 6) is 0.281. The first-order chi connectivity index (χ1) is 9.85. The van der Waals surface area contributed by atoms with Gasteiger partial charge in [0.2, 0.25) is 5.91 Å². The van der Waals surface area contributed by atoms with E-state index in [-0.39, 0.29) is 11.9 Å². The first-order valence-electron chi connectivity index (χ1n) is 7.05. The third-order valence-corrected chi connectivity index (χ3v) is 3.25. The van der Waals surface area contributed by atoms with Crippen LogP contribution in [0, 0.1) is 12.8 Å². The Morgan fingerprint density at radius 3 is 2.71 bits per heavy atom. The largest absolute Gasteiger partial charge is 0.383 e. The molecule has 1 atom stereocenters. The highest BCUT2D eigenvalue weighted by Crippen LogP contribution is 2.22. The normalized spacial score (nSPS) is 13.1. The van der Waals surface area contributed by atoms with Gasteiger partial charge in [0.15, 0.2) is 0 Å². The Bertz CT molecular complexity index is 509. The number of ether oxygens (including phenoxy) is 1. The van der Waals surface area contributed by atoms with E-state index in [9.17, 15) is 4.79 Å². The lowest BCUT2D eigenvalue weighted by atomic mass is 10.2. The molecule has 1 rings (SSSR count). The van der Waals surface area contributed by atoms with Gasteiger partial charge in [-0.15, -0.1) is 0 Å². The van der Waals surface area contributed by atoms with Crippen LogP contribution >= 0.6 is 11.6 Å². The smallest absolute Gasteiger partial charge is 0.244 e. The van der Waals surface area contributed by atoms with E-state index in [0.29, 0.717) is 17.7 Å². The van der Waals surface area contributed by atoms with Crippen LogP contribution in [0.1, 0.15) is 32.0 Å². The van der Waals surface area contributed by atoms with Crippen LogP contribution < -0.4 is 5.32 Å². The zero-order valence-corrected chi connectivity index (χ0v) is 14.1. The summed E-state index contributed by atoms with van der Waals surface area (Å²) in [7, 11) is 1.60. The molecule has 1 aromatic rings. The van der Waals surface area contributed by atoms with E-state index in [0.717, 1.165) is 17.8 Å². The molecule has 1 heterocycles. The molecule has 1 N–H and O–H groups in total. The minimum atomic E-state index is -0.174. The molecule has 0 bridgehead atoms. The predicted octanol–water partition coefficient (Wildman–Crippen LogP) is 2.67. The van der Waals surface area contributed by atoms with E-state index in [2.05, 4.69) is 24.3 Å². The Balaban J connectivity index is 2.76. The number of nitrogens with zero attached hydrogens (tertiary/aromatic N) is 2. The summed E-state index contributed by atoms with van der Waals surface area (Å²) in [6.07, 6.45) is 3.18. The van der Waals surface area contributed by atoms with Gasteiger partial charge in [-0.2, -0.15) is 5.10 Å². The van der Waals surface area contributed by atoms with Gasteiger partial charge in [0.25, 0.3) is 0 Å². The number of halogens is 1. The molecular formula is C15H24ClN3O2. The molecule has 21 heavy (non-hydrogen) atoms. The molecule has 0 aliphatic heterocycles. The summed E-state index contributed by atoms with van der Waals surface area (Å²) < 4.78 is 6.74. The SMILES string of the molecule is COCC(C)NC(=O)/C=C/c1c(C)nn(CC(C)C)c1Cl. The highest BCUT2D eigenvalue weighted by molar-refractivity contribution is 6.31. The molecule has 1 aromatic heterocycles. The van der Waals surface area contributed by atoms with Gasteiger partial charge in [-0.1, -0.05) is 25.4 Å². The molecule has 118 valence electrons. The fourth-order valence-electron chi connectivity index (χ4n) is 1.97. The van der Waals surface area contributed by atoms with E-state index < -0.39 is 0 Å². The van der Waals surface area contributed by atoms with Gasteiger partial charge in [0.05, 0.1) is 12.3 Å². The third kappa shape index (κ3) is 5.52. The summed E-state index contributed by atoms with van der Waals surface area (Å²) in [6, 6.07) is -0.0348. The van der Waals surface area contributed by atoms with Crippen LogP contribution in [0.15, 0.2) is 6.08 Å². The van der Waals surface area contributed by atoms with Crippen LogP contribution in [-0.4, -0.2) is 35.4 Å². The second kappa shape index (κ2) is 8.20. The van der Waals surface area contributed by atoms with Gasteiger partial charge in [-0.25, -0.2) is 0 Å². The molecule has 6 heteroatoms. The van der Waals surface area contributed by atoms with Crippen molar-refractivity contribution in [1.82, 2.24) is 15.1 Å². The zero-order chi connectivity index (χ0) is 16.0. The number of aromatic nitrogens is 2. The molecule has 0 aromatic carbocycles. The Kier molecular flexibility index (Phi) is 6.92. The predicted molar refractivity (Wildman–Crippen MR) is 85.3 cm³/mol. The van der Waals surface area contributed by atoms with Crippen molar-refractivity contribution in [3.63, 3.8) is 0 Å². The summed E-state index contributed by atoms with van der Waals surface area (Å²) in [5, 5.41) is 7.77. The van der Waals surface area contributed by atoms with Crippen molar-refractivity contribution in [2.45, 2.75) is 40.3 Å². The third-order valence-electron chi connectivity index (χ3n) is 2.85. The van der Waals surface area contributed by atoms with E-state index >= 15 is 0 Å². The lowest BCUT2D eigenvalue weighted by molar-refractivity contribution is -0.117. The fourth-order valence-corrected chi connectivity index (χ4v) is 2.27. The van der Waals surface area contributed by atoms with E-state index in [1.807, 2.05) is 13.8 Å². The minimum absolute atomic E-state index is 0.0348. The van der Waals surface area contributed by atoms with Crippen LogP contribution in [0.2, 0.25) is 5.15 Å². The van der Waals surface area contributed by atoms with Crippen LogP contribution in [0.4, 0.5) is 0 Å². The van der Waals surface area contributed by atoms with Gasteiger partial charge in [0.1, 0.15) is 5.15 Å². The van der Waals surface area contributed by atoms with Crippen molar-refractivity contribution in [3.8, 4) is 0 Å². The average molecular weight is 314 g/mol. The molecular weight excluding hydrogens is 290 g/mol. The standard InChI is InChI=1S/C15H24ClN3O2/c1-10(2)8-19-15(16)13(12(4)18-19)6-7-14(20)17-11(3)9-21-5/h6-7,10-11H,8-9H2,1-5H3,(H,17,20)/b7-6+. The number of rotatable bonds is 7. The van der Waals surface area contributed by atoms with Crippen LogP contribution in [0.3, 0.4) is 0 Å². The molecule has 0 radical (unpaired) electrons. The molecule has 1 amide bonds. The summed E-state index contributed by atoms with van der Waals surface area (Å²) in [6.45, 7) is 9.21. The highest BCUT2D eigenvalue weighted by Gasteiger charge is 2.12. The maximum Gasteiger partial charge on any atom is 0.244 e. The minimum Gasteiger partial charge on any atom is -0.383 e. The molecule has 0 aliphatic carbocycles. The summed E-state index contributed by atoms with van der Waals surface area (Å²) >= 11 is 6.31. The van der Waals surface area contributed by atoms with Crippen LogP contribution in [-0.2, 0) is 16.1 Å². The van der Waals surface area contributed by atoms with Crippen molar-refractivity contribution < 1.29 is 9.53 Å². The van der Waals surface area contributed by atoms with Gasteiger partial charge in [-0.3, -0.25) is 9.48 Å². The second-order valence-corrected chi connectivity index (χ2v) is 5.92. The Morgan fingerprint density at radius 1 is 1.48 bits per heavy atom. The first kappa shape index (κ1) is 17.7. The molecule has 0 fully saturated rings. The molecule has 0 spiro atoms. The number of hydrogen-bond donors (Lipinski definition) is 1. The zero-order valence-electron chi connectivity index (χ0n) is 13.3. The number of aryl methyl sites for hydroxylation is 1. The maximum atomic E-state index is 11.8. The van der Waals surface area contributed by atoms with Crippen molar-refractivity contribution in [1.29, 1.82) is 0 Å². The van der Waals surface area contributed by atoms with Gasteiger partial charge in [-0.05, 0) is 25.8 Å². The van der Waals surface area contributed by atoms with E-state index in [4.69, 9.17) is 16.3 Å². The van der Waals surface area contributed by atoms with Gasteiger partial charge < -0.3 is 10.1 Å². The fraction of sp³-hybridized carbons (Fsp3) is 0.600. The highest BCUT2D eigenvalue weighted by atomic mass is 35.5. The van der Waals surface area contributed by atoms with Crippen LogP contribution in [0.25, 0.3) is 6.08 Å². The first-order valence-corrected chi connectivity index (χ1v) is 7.43. The Hall–Kier alpha value is -1.33. The maximum absolute atomic E-state index is 11.8. The molecule has 0 aliphatic rings. The number of methoxy groups -OCH3 is 1. The number of carbonyl (C=O) groups excluding carboxylic acids is 1. The lowest BCUT2D eigenvalue weighted by Gasteiger charge is -2.10. The monoisotopic (exact) mass is 313 g/mol. The molecule has 1 unspecified atom stereocenters. The Morgan fingerprint density at radius 2 is 2.14 bits per heavy atom. The number of amides is 1. The van der Waals surface area contributed by atoms with Crippen LogP contribution in [0.5, 0.6) is 0 Å². The van der Waals surface area contributed by atoms with E-state index in [1.54, 1.807) is 17.9 Å². The van der Waals surface area contributed by atoms with Gasteiger partial charge in [0, 0.05) is 31.3 Å². The Labute approximate surface area is 131 Å². The number of hydrogen-bond acceptors (Lipinski definition) is 3. The molecule has 5 nitrogen and oxygen atoms in total. The van der Waals surface area contributed by atoms with Crippen molar-refractivity contribution in [3.05, 3.63) is 22.5 Å². The molecule has 0 saturated carbocycles. The van der Waals surface area contributed by atoms with Gasteiger partial charge >= 0.3 is 0 Å². The van der Waals surface area contributed by atoms with Crippen molar-refractivity contribution in [2.75, 3.05) is 13.7 Å². The summed E-state index contributed by atoms with van der Waals surface area (Å²) in [5.41, 5.74) is 1.60. The topological polar surface area (TPSA) is 56.1 Å². The average Bonchev–Trinajstić information content (AvgIpc) is 2.61.